The molecule has 0 amide bonds. The molecule has 0 aliphatic heterocycles. The molecule has 0 saturated heterocycles. The van der Waals surface area contributed by atoms with Crippen LogP contribution in [0.3, 0.4) is 0 Å². The van der Waals surface area contributed by atoms with Crippen LogP contribution in [0.15, 0.2) is 0 Å². The van der Waals surface area contributed by atoms with Gasteiger partial charge in [0.2, 0.25) is 0 Å². The standard InChI is InChI=1S/C9H21NO2/c1-2-3-4-5-6-10-9(7-11)8-12/h9-12H,2-8H2,1H3. The number of rotatable bonds is 8. The average molecular weight is 175 g/mol. The molecule has 0 radical (unpaired) electrons. The highest BCUT2D eigenvalue weighted by Crippen LogP contribution is 1.97. The Bertz CT molecular complexity index is 84.6. The summed E-state index contributed by atoms with van der Waals surface area (Å²) in [5.74, 6) is 0. The molecule has 0 aromatic rings. The molecule has 0 aromatic heterocycles. The molecule has 0 aromatic carbocycles. The Morgan fingerprint density at radius 2 is 1.75 bits per heavy atom. The first-order valence-electron chi connectivity index (χ1n) is 4.80. The van der Waals surface area contributed by atoms with Crippen molar-refractivity contribution in [2.75, 3.05) is 19.8 Å². The van der Waals surface area contributed by atoms with E-state index >= 15 is 0 Å². The van der Waals surface area contributed by atoms with Crippen LogP contribution in [0.5, 0.6) is 0 Å². The summed E-state index contributed by atoms with van der Waals surface area (Å²) in [6.07, 6.45) is 4.87. The van der Waals surface area contributed by atoms with Crippen LogP contribution in [0.4, 0.5) is 0 Å². The van der Waals surface area contributed by atoms with Gasteiger partial charge < -0.3 is 15.5 Å². The molecule has 74 valence electrons. The van der Waals surface area contributed by atoms with E-state index in [1.54, 1.807) is 0 Å². The molecule has 0 spiro atoms. The van der Waals surface area contributed by atoms with Crippen molar-refractivity contribution < 1.29 is 10.2 Å². The molecule has 0 aliphatic carbocycles. The minimum Gasteiger partial charge on any atom is -0.395 e. The number of hydrogen-bond acceptors (Lipinski definition) is 3. The van der Waals surface area contributed by atoms with Crippen LogP contribution in [0, 0.1) is 0 Å². The SMILES string of the molecule is CCCCCCNC(CO)CO. The first kappa shape index (κ1) is 11.9. The third-order valence-electron chi connectivity index (χ3n) is 1.90. The fourth-order valence-corrected chi connectivity index (χ4v) is 1.04. The predicted molar refractivity (Wildman–Crippen MR) is 50.1 cm³/mol. The molecule has 0 saturated carbocycles. The second-order valence-electron chi connectivity index (χ2n) is 3.08. The maximum Gasteiger partial charge on any atom is 0.0607 e. The minimum absolute atomic E-state index is 0.0181. The highest BCUT2D eigenvalue weighted by atomic mass is 16.3. The first-order chi connectivity index (χ1) is 5.85. The predicted octanol–water partition coefficient (Wildman–Crippen LogP) is 0.510. The third-order valence-corrected chi connectivity index (χ3v) is 1.90. The number of aliphatic hydroxyl groups is 2. The molecule has 0 bridgehead atoms. The van der Waals surface area contributed by atoms with Crippen LogP contribution in [0.1, 0.15) is 32.6 Å². The van der Waals surface area contributed by atoms with Gasteiger partial charge in [0, 0.05) is 0 Å². The smallest absolute Gasteiger partial charge is 0.0607 e. The number of nitrogens with one attached hydrogen (secondary N) is 1. The van der Waals surface area contributed by atoms with Gasteiger partial charge in [-0.1, -0.05) is 26.2 Å². The van der Waals surface area contributed by atoms with Crippen LogP contribution >= 0.6 is 0 Å². The van der Waals surface area contributed by atoms with E-state index in [0.717, 1.165) is 13.0 Å². The van der Waals surface area contributed by atoms with Crippen molar-refractivity contribution >= 4 is 0 Å². The molecule has 0 aliphatic rings. The summed E-state index contributed by atoms with van der Waals surface area (Å²) in [7, 11) is 0. The molecular weight excluding hydrogens is 154 g/mol. The average Bonchev–Trinajstić information content (AvgIpc) is 2.11. The molecule has 0 unspecified atom stereocenters. The molecule has 12 heavy (non-hydrogen) atoms. The third kappa shape index (κ3) is 6.58. The highest BCUT2D eigenvalue weighted by molar-refractivity contribution is 4.62. The van der Waals surface area contributed by atoms with E-state index in [1.807, 2.05) is 0 Å². The van der Waals surface area contributed by atoms with Crippen LogP contribution in [-0.2, 0) is 0 Å². The Kier molecular flexibility index (Phi) is 8.88. The van der Waals surface area contributed by atoms with Gasteiger partial charge in [-0.3, -0.25) is 0 Å². The van der Waals surface area contributed by atoms with E-state index in [2.05, 4.69) is 12.2 Å². The lowest BCUT2D eigenvalue weighted by Crippen LogP contribution is -2.36. The van der Waals surface area contributed by atoms with Crippen molar-refractivity contribution in [3.63, 3.8) is 0 Å². The van der Waals surface area contributed by atoms with Gasteiger partial charge in [0.15, 0.2) is 0 Å². The van der Waals surface area contributed by atoms with Gasteiger partial charge in [-0.2, -0.15) is 0 Å². The van der Waals surface area contributed by atoms with E-state index in [4.69, 9.17) is 10.2 Å². The highest BCUT2D eigenvalue weighted by Gasteiger charge is 2.02. The Balaban J connectivity index is 3.06. The Hall–Kier alpha value is -0.120. The second-order valence-corrected chi connectivity index (χ2v) is 3.08. The molecule has 3 nitrogen and oxygen atoms in total. The molecule has 3 heteroatoms. The summed E-state index contributed by atoms with van der Waals surface area (Å²) >= 11 is 0. The lowest BCUT2D eigenvalue weighted by Gasteiger charge is -2.12. The molecule has 0 heterocycles. The number of unbranched alkanes of at least 4 members (excludes halogenated alkanes) is 3. The first-order valence-corrected chi connectivity index (χ1v) is 4.80. The minimum atomic E-state index is -0.133. The Labute approximate surface area is 74.8 Å². The maximum absolute atomic E-state index is 8.71. The summed E-state index contributed by atoms with van der Waals surface area (Å²) in [4.78, 5) is 0. The summed E-state index contributed by atoms with van der Waals surface area (Å²) in [5.41, 5.74) is 0. The molecule has 3 N–H and O–H groups in total. The van der Waals surface area contributed by atoms with Crippen molar-refractivity contribution in [3.8, 4) is 0 Å². The number of aliphatic hydroxyl groups excluding tert-OH is 2. The van der Waals surface area contributed by atoms with Crippen molar-refractivity contribution in [3.05, 3.63) is 0 Å². The second kappa shape index (κ2) is 8.97. The lowest BCUT2D eigenvalue weighted by atomic mass is 10.2. The molecule has 0 atom stereocenters. The topological polar surface area (TPSA) is 52.5 Å². The monoisotopic (exact) mass is 175 g/mol. The maximum atomic E-state index is 8.71. The van der Waals surface area contributed by atoms with E-state index < -0.39 is 0 Å². The van der Waals surface area contributed by atoms with Gasteiger partial charge in [-0.15, -0.1) is 0 Å². The lowest BCUT2D eigenvalue weighted by molar-refractivity contribution is 0.171. The summed E-state index contributed by atoms with van der Waals surface area (Å²) in [6, 6.07) is -0.133. The zero-order valence-electron chi connectivity index (χ0n) is 7.92. The zero-order valence-corrected chi connectivity index (χ0v) is 7.92. The van der Waals surface area contributed by atoms with E-state index in [1.165, 1.54) is 19.3 Å². The van der Waals surface area contributed by atoms with Crippen LogP contribution in [-0.4, -0.2) is 36.0 Å². The summed E-state index contributed by atoms with van der Waals surface area (Å²) < 4.78 is 0. The van der Waals surface area contributed by atoms with Crippen LogP contribution in [0.2, 0.25) is 0 Å². The van der Waals surface area contributed by atoms with E-state index in [-0.39, 0.29) is 19.3 Å². The van der Waals surface area contributed by atoms with Gasteiger partial charge >= 0.3 is 0 Å². The van der Waals surface area contributed by atoms with Gasteiger partial charge in [-0.25, -0.2) is 0 Å². The summed E-state index contributed by atoms with van der Waals surface area (Å²) in [6.45, 7) is 3.11. The van der Waals surface area contributed by atoms with Crippen molar-refractivity contribution in [1.29, 1.82) is 0 Å². The van der Waals surface area contributed by atoms with Crippen molar-refractivity contribution in [2.24, 2.45) is 0 Å². The normalized spacial score (nSPS) is 11.0. The quantitative estimate of drug-likeness (QED) is 0.471. The van der Waals surface area contributed by atoms with E-state index in [0.29, 0.717) is 0 Å². The van der Waals surface area contributed by atoms with Gasteiger partial charge in [-0.05, 0) is 13.0 Å². The molecule has 0 fully saturated rings. The molecular formula is C9H21NO2. The zero-order chi connectivity index (χ0) is 9.23. The van der Waals surface area contributed by atoms with Gasteiger partial charge in [0.25, 0.3) is 0 Å². The Morgan fingerprint density at radius 3 is 2.25 bits per heavy atom. The van der Waals surface area contributed by atoms with Gasteiger partial charge in [0.1, 0.15) is 0 Å². The fourth-order valence-electron chi connectivity index (χ4n) is 1.04. The number of hydrogen-bond donors (Lipinski definition) is 3. The van der Waals surface area contributed by atoms with E-state index in [9.17, 15) is 0 Å². The van der Waals surface area contributed by atoms with Crippen molar-refractivity contribution in [2.45, 2.75) is 38.6 Å². The van der Waals surface area contributed by atoms with Gasteiger partial charge in [0.05, 0.1) is 19.3 Å². The largest absolute Gasteiger partial charge is 0.395 e. The molecule has 0 rings (SSSR count). The van der Waals surface area contributed by atoms with Crippen molar-refractivity contribution in [1.82, 2.24) is 5.32 Å². The Morgan fingerprint density at radius 1 is 1.08 bits per heavy atom. The summed E-state index contributed by atoms with van der Waals surface area (Å²) in [5, 5.41) is 20.5. The van der Waals surface area contributed by atoms with Crippen LogP contribution in [0.25, 0.3) is 0 Å². The fraction of sp³-hybridized carbons (Fsp3) is 1.00. The van der Waals surface area contributed by atoms with Crippen LogP contribution < -0.4 is 5.32 Å².